The highest BCUT2D eigenvalue weighted by atomic mass is 16.5. The van der Waals surface area contributed by atoms with Gasteiger partial charge in [-0.25, -0.2) is 0 Å². The summed E-state index contributed by atoms with van der Waals surface area (Å²) in [6.07, 6.45) is 1.81. The second-order valence-corrected chi connectivity index (χ2v) is 5.60. The van der Waals surface area contributed by atoms with E-state index in [1.165, 1.54) is 0 Å². The number of carbonyl (C=O) groups excluding carboxylic acids is 1. The second-order valence-electron chi connectivity index (χ2n) is 5.60. The fraction of sp³-hybridized carbons (Fsp3) is 0.412. The molecule has 1 aliphatic heterocycles. The quantitative estimate of drug-likeness (QED) is 0.867. The normalized spacial score (nSPS) is 17.3. The highest BCUT2D eigenvalue weighted by Gasteiger charge is 2.34. The van der Waals surface area contributed by atoms with E-state index in [1.807, 2.05) is 23.1 Å². The lowest BCUT2D eigenvalue weighted by Gasteiger charge is -2.25. The van der Waals surface area contributed by atoms with E-state index in [0.717, 1.165) is 29.9 Å². The minimum atomic E-state index is -0.141. The monoisotopic (exact) mass is 316 g/mol. The number of hydrogen-bond donors (Lipinski definition) is 0. The lowest BCUT2D eigenvalue weighted by atomic mass is 10.0. The molecule has 6 heteroatoms. The van der Waals surface area contributed by atoms with Crippen molar-refractivity contribution >= 4 is 5.91 Å². The van der Waals surface area contributed by atoms with Crippen molar-refractivity contribution in [1.82, 2.24) is 10.1 Å². The van der Waals surface area contributed by atoms with Gasteiger partial charge in [0.25, 0.3) is 5.91 Å². The summed E-state index contributed by atoms with van der Waals surface area (Å²) < 4.78 is 15.9. The molecule has 1 fully saturated rings. The zero-order chi connectivity index (χ0) is 16.4. The molecule has 6 nitrogen and oxygen atoms in total. The van der Waals surface area contributed by atoms with E-state index in [9.17, 15) is 4.79 Å². The molecule has 0 saturated carbocycles. The van der Waals surface area contributed by atoms with Gasteiger partial charge in [0.05, 0.1) is 26.0 Å². The van der Waals surface area contributed by atoms with E-state index in [2.05, 4.69) is 5.16 Å². The predicted molar refractivity (Wildman–Crippen MR) is 83.8 cm³/mol. The Kier molecular flexibility index (Phi) is 4.23. The topological polar surface area (TPSA) is 64.8 Å². The summed E-state index contributed by atoms with van der Waals surface area (Å²) >= 11 is 0. The largest absolute Gasteiger partial charge is 0.497 e. The van der Waals surface area contributed by atoms with Crippen molar-refractivity contribution in [2.24, 2.45) is 0 Å². The minimum absolute atomic E-state index is 0.0574. The van der Waals surface area contributed by atoms with Gasteiger partial charge in [-0.15, -0.1) is 0 Å². The highest BCUT2D eigenvalue weighted by Crippen LogP contribution is 2.39. The fourth-order valence-electron chi connectivity index (χ4n) is 3.04. The smallest absolute Gasteiger partial charge is 0.292 e. The Labute approximate surface area is 135 Å². The van der Waals surface area contributed by atoms with E-state index in [4.69, 9.17) is 14.0 Å². The molecule has 0 radical (unpaired) electrons. The Morgan fingerprint density at radius 2 is 2.13 bits per heavy atom. The number of methoxy groups -OCH3 is 2. The highest BCUT2D eigenvalue weighted by molar-refractivity contribution is 5.92. The third kappa shape index (κ3) is 2.88. The lowest BCUT2D eigenvalue weighted by molar-refractivity contribution is 0.0691. The van der Waals surface area contributed by atoms with Crippen molar-refractivity contribution < 1.29 is 18.8 Å². The Morgan fingerprint density at radius 3 is 2.78 bits per heavy atom. The van der Waals surface area contributed by atoms with Crippen molar-refractivity contribution in [1.29, 1.82) is 0 Å². The van der Waals surface area contributed by atoms with Crippen LogP contribution in [0.15, 0.2) is 28.8 Å². The van der Waals surface area contributed by atoms with Gasteiger partial charge in [-0.2, -0.15) is 0 Å². The van der Waals surface area contributed by atoms with E-state index in [0.29, 0.717) is 12.2 Å². The van der Waals surface area contributed by atoms with Crippen LogP contribution in [-0.4, -0.2) is 36.7 Å². The molecule has 1 amide bonds. The van der Waals surface area contributed by atoms with Gasteiger partial charge < -0.3 is 18.9 Å². The molecule has 1 aromatic carbocycles. The standard InChI is InChI=1S/C17H20N2O4/c1-11-9-16(23-18-11)17(20)19-8-4-5-14(19)13-10-12(21-2)6-7-15(13)22-3/h6-7,9-10,14H,4-5,8H2,1-3H3/t14-/m0/s1. The summed E-state index contributed by atoms with van der Waals surface area (Å²) in [6.45, 7) is 2.48. The van der Waals surface area contributed by atoms with E-state index >= 15 is 0 Å². The molecule has 2 aromatic rings. The number of likely N-dealkylation sites (tertiary alicyclic amines) is 1. The molecule has 1 aliphatic rings. The molecule has 122 valence electrons. The van der Waals surface area contributed by atoms with E-state index in [-0.39, 0.29) is 17.7 Å². The molecule has 1 saturated heterocycles. The fourth-order valence-corrected chi connectivity index (χ4v) is 3.04. The van der Waals surface area contributed by atoms with Crippen molar-refractivity contribution in [3.8, 4) is 11.5 Å². The van der Waals surface area contributed by atoms with Crippen LogP contribution in [0.1, 0.15) is 40.7 Å². The first-order valence-electron chi connectivity index (χ1n) is 7.60. The van der Waals surface area contributed by atoms with Crippen molar-refractivity contribution in [3.63, 3.8) is 0 Å². The first kappa shape index (κ1) is 15.4. The number of ether oxygens (including phenoxy) is 2. The summed E-state index contributed by atoms with van der Waals surface area (Å²) in [6, 6.07) is 7.26. The maximum atomic E-state index is 12.7. The van der Waals surface area contributed by atoms with E-state index in [1.54, 1.807) is 27.2 Å². The van der Waals surface area contributed by atoms with Crippen LogP contribution in [-0.2, 0) is 0 Å². The molecular formula is C17H20N2O4. The number of hydrogen-bond acceptors (Lipinski definition) is 5. The van der Waals surface area contributed by atoms with Gasteiger partial charge in [0.1, 0.15) is 11.5 Å². The molecule has 23 heavy (non-hydrogen) atoms. The van der Waals surface area contributed by atoms with Crippen LogP contribution in [0, 0.1) is 6.92 Å². The zero-order valence-corrected chi connectivity index (χ0v) is 13.5. The number of nitrogens with zero attached hydrogens (tertiary/aromatic N) is 2. The average Bonchev–Trinajstić information content (AvgIpc) is 3.22. The maximum absolute atomic E-state index is 12.7. The molecule has 0 unspecified atom stereocenters. The molecule has 0 spiro atoms. The lowest BCUT2D eigenvalue weighted by Crippen LogP contribution is -2.30. The number of amides is 1. The third-order valence-corrected chi connectivity index (χ3v) is 4.15. The van der Waals surface area contributed by atoms with Gasteiger partial charge in [0, 0.05) is 18.2 Å². The maximum Gasteiger partial charge on any atom is 0.292 e. The van der Waals surface area contributed by atoms with Crippen LogP contribution in [0.4, 0.5) is 0 Å². The van der Waals surface area contributed by atoms with Crippen molar-refractivity contribution in [2.45, 2.75) is 25.8 Å². The molecule has 1 atom stereocenters. The third-order valence-electron chi connectivity index (χ3n) is 4.15. The number of carbonyl (C=O) groups is 1. The van der Waals surface area contributed by atoms with Gasteiger partial charge in [-0.1, -0.05) is 5.16 Å². The van der Waals surface area contributed by atoms with Crippen LogP contribution in [0.25, 0.3) is 0 Å². The molecule has 0 bridgehead atoms. The first-order chi connectivity index (χ1) is 11.1. The summed E-state index contributed by atoms with van der Waals surface area (Å²) in [5.74, 6) is 1.63. The SMILES string of the molecule is COc1ccc(OC)c([C@@H]2CCCN2C(=O)c2cc(C)no2)c1. The average molecular weight is 316 g/mol. The molecular weight excluding hydrogens is 296 g/mol. The van der Waals surface area contributed by atoms with Crippen LogP contribution in [0.3, 0.4) is 0 Å². The Morgan fingerprint density at radius 1 is 1.30 bits per heavy atom. The number of aryl methyl sites for hydroxylation is 1. The van der Waals surface area contributed by atoms with Crippen LogP contribution in [0.2, 0.25) is 0 Å². The summed E-state index contributed by atoms with van der Waals surface area (Å²) in [5.41, 5.74) is 1.65. The Bertz CT molecular complexity index is 710. The molecule has 3 rings (SSSR count). The van der Waals surface area contributed by atoms with Crippen LogP contribution in [0.5, 0.6) is 11.5 Å². The number of benzene rings is 1. The van der Waals surface area contributed by atoms with Crippen LogP contribution >= 0.6 is 0 Å². The second kappa shape index (κ2) is 6.32. The van der Waals surface area contributed by atoms with Crippen LogP contribution < -0.4 is 9.47 Å². The Hall–Kier alpha value is -2.50. The van der Waals surface area contributed by atoms with Crippen molar-refractivity contribution in [3.05, 3.63) is 41.3 Å². The Balaban J connectivity index is 1.94. The van der Waals surface area contributed by atoms with Gasteiger partial charge in [-0.05, 0) is 38.0 Å². The van der Waals surface area contributed by atoms with Gasteiger partial charge in [0.2, 0.25) is 5.76 Å². The molecule has 0 aliphatic carbocycles. The molecule has 1 aromatic heterocycles. The number of rotatable bonds is 4. The van der Waals surface area contributed by atoms with Crippen molar-refractivity contribution in [2.75, 3.05) is 20.8 Å². The summed E-state index contributed by atoms with van der Waals surface area (Å²) in [7, 11) is 3.26. The minimum Gasteiger partial charge on any atom is -0.497 e. The summed E-state index contributed by atoms with van der Waals surface area (Å²) in [4.78, 5) is 14.5. The summed E-state index contributed by atoms with van der Waals surface area (Å²) in [5, 5.41) is 3.80. The van der Waals surface area contributed by atoms with Gasteiger partial charge >= 0.3 is 0 Å². The molecule has 0 N–H and O–H groups in total. The number of aromatic nitrogens is 1. The van der Waals surface area contributed by atoms with Gasteiger partial charge in [-0.3, -0.25) is 4.79 Å². The zero-order valence-electron chi connectivity index (χ0n) is 13.5. The molecule has 2 heterocycles. The van der Waals surface area contributed by atoms with Gasteiger partial charge in [0.15, 0.2) is 0 Å². The first-order valence-corrected chi connectivity index (χ1v) is 7.60. The van der Waals surface area contributed by atoms with E-state index < -0.39 is 0 Å². The predicted octanol–water partition coefficient (Wildman–Crippen LogP) is 2.98.